The first-order chi connectivity index (χ1) is 17.0. The zero-order valence-corrected chi connectivity index (χ0v) is 19.0. The van der Waals surface area contributed by atoms with E-state index in [1.54, 1.807) is 30.3 Å². The average molecular weight is 494 g/mol. The van der Waals surface area contributed by atoms with Gasteiger partial charge < -0.3 is 29.4 Å². The minimum atomic E-state index is -0.957. The Hall–Kier alpha value is -3.50. The number of nitrogens with one attached hydrogen (secondary N) is 1. The van der Waals surface area contributed by atoms with Crippen LogP contribution in [0.1, 0.15) is 10.4 Å². The number of H-pyrrole nitrogens is 1. The summed E-state index contributed by atoms with van der Waals surface area (Å²) in [6, 6.07) is 16.4. The number of aliphatic hydroxyl groups excluding tert-OH is 1. The molecule has 178 valence electrons. The van der Waals surface area contributed by atoms with Crippen LogP contribution >= 0.6 is 11.6 Å². The van der Waals surface area contributed by atoms with Crippen LogP contribution in [0.3, 0.4) is 0 Å². The Balaban J connectivity index is 1.23. The highest BCUT2D eigenvalue weighted by atomic mass is 35.5. The van der Waals surface area contributed by atoms with Gasteiger partial charge in [0.2, 0.25) is 0 Å². The van der Waals surface area contributed by atoms with E-state index in [-0.39, 0.29) is 36.5 Å². The van der Waals surface area contributed by atoms with Gasteiger partial charge in [-0.2, -0.15) is 4.98 Å². The van der Waals surface area contributed by atoms with Gasteiger partial charge in [0, 0.05) is 5.56 Å². The van der Waals surface area contributed by atoms with Gasteiger partial charge >= 0.3 is 5.97 Å². The second kappa shape index (κ2) is 8.62. The number of hydrogen-bond donors (Lipinski definition) is 3. The Labute approximate surface area is 204 Å². The number of pyridine rings is 1. The fourth-order valence-electron chi connectivity index (χ4n) is 4.47. The van der Waals surface area contributed by atoms with Crippen LogP contribution in [-0.2, 0) is 9.47 Å². The molecule has 2 aromatic carbocycles. The lowest BCUT2D eigenvalue weighted by atomic mass is 10.0. The van der Waals surface area contributed by atoms with E-state index in [4.69, 9.17) is 30.9 Å². The van der Waals surface area contributed by atoms with Crippen LogP contribution < -0.4 is 4.74 Å². The molecule has 10 heteroatoms. The Morgan fingerprint density at radius 2 is 1.63 bits per heavy atom. The summed E-state index contributed by atoms with van der Waals surface area (Å²) < 4.78 is 17.1. The monoisotopic (exact) mass is 493 g/mol. The Bertz CT molecular complexity index is 1410. The van der Waals surface area contributed by atoms with Crippen LogP contribution in [0.4, 0.5) is 0 Å². The SMILES string of the molecule is O=C(O)c1ccc(-c2ccc(-c3nc4nc(O[C@@H]5CO[C@H]6[C@@H]5OC[C@H]6O)[nH]c4cc3Cl)cc2)cc1. The molecule has 0 unspecified atom stereocenters. The van der Waals surface area contributed by atoms with E-state index in [1.165, 1.54) is 0 Å². The standard InChI is InChI=1S/C25H20ClN3O6/c26-16-9-17-23(29-25(27-17)35-19-11-34-21-18(30)10-33-22(19)21)28-20(16)14-5-1-12(2-6-14)13-3-7-15(8-4-13)24(31)32/h1-9,18-19,21-22,30H,10-11H2,(H,31,32)(H,27,28,29)/t18-,19-,21-,22-/m1/s1. The zero-order chi connectivity index (χ0) is 24.1. The number of imidazole rings is 1. The molecule has 0 saturated carbocycles. The first kappa shape index (κ1) is 22.0. The number of rotatable bonds is 5. The molecule has 0 spiro atoms. The van der Waals surface area contributed by atoms with E-state index in [1.807, 2.05) is 24.3 Å². The van der Waals surface area contributed by atoms with Crippen molar-refractivity contribution in [3.63, 3.8) is 0 Å². The average Bonchev–Trinajstić information content (AvgIpc) is 3.55. The van der Waals surface area contributed by atoms with Crippen molar-refractivity contribution in [2.24, 2.45) is 0 Å². The number of aromatic amines is 1. The van der Waals surface area contributed by atoms with Crippen LogP contribution in [0.25, 0.3) is 33.5 Å². The van der Waals surface area contributed by atoms with E-state index < -0.39 is 12.1 Å². The lowest BCUT2D eigenvalue weighted by molar-refractivity contribution is 0.00706. The summed E-state index contributed by atoms with van der Waals surface area (Å²) in [6.07, 6.45) is -1.77. The number of ether oxygens (including phenoxy) is 3. The van der Waals surface area contributed by atoms with Crippen molar-refractivity contribution in [3.05, 3.63) is 65.2 Å². The molecule has 2 fully saturated rings. The zero-order valence-electron chi connectivity index (χ0n) is 18.2. The highest BCUT2D eigenvalue weighted by Gasteiger charge is 2.48. The van der Waals surface area contributed by atoms with Crippen molar-refractivity contribution >= 4 is 28.7 Å². The smallest absolute Gasteiger partial charge is 0.335 e. The lowest BCUT2D eigenvalue weighted by Crippen LogP contribution is -2.34. The van der Waals surface area contributed by atoms with Crippen molar-refractivity contribution in [2.75, 3.05) is 13.2 Å². The van der Waals surface area contributed by atoms with Gasteiger partial charge in [-0.25, -0.2) is 9.78 Å². The number of aromatic nitrogens is 3. The second-order valence-corrected chi connectivity index (χ2v) is 8.92. The quantitative estimate of drug-likeness (QED) is 0.385. The van der Waals surface area contributed by atoms with E-state index in [0.717, 1.165) is 16.7 Å². The number of halogens is 1. The maximum absolute atomic E-state index is 11.1. The van der Waals surface area contributed by atoms with Crippen LogP contribution in [-0.4, -0.2) is 68.8 Å². The summed E-state index contributed by atoms with van der Waals surface area (Å²) in [4.78, 5) is 23.2. The molecule has 4 heterocycles. The van der Waals surface area contributed by atoms with Gasteiger partial charge in [0.1, 0.15) is 18.3 Å². The van der Waals surface area contributed by atoms with Gasteiger partial charge in [-0.15, -0.1) is 0 Å². The van der Waals surface area contributed by atoms with Crippen LogP contribution in [0.2, 0.25) is 5.02 Å². The molecule has 0 amide bonds. The molecule has 6 rings (SSSR count). The van der Waals surface area contributed by atoms with Gasteiger partial charge in [-0.05, 0) is 29.3 Å². The van der Waals surface area contributed by atoms with Crippen molar-refractivity contribution in [1.29, 1.82) is 0 Å². The summed E-state index contributed by atoms with van der Waals surface area (Å²) in [5.74, 6) is -0.957. The molecule has 2 aliphatic heterocycles. The summed E-state index contributed by atoms with van der Waals surface area (Å²) in [6.45, 7) is 0.524. The highest BCUT2D eigenvalue weighted by molar-refractivity contribution is 6.33. The molecule has 4 aromatic rings. The lowest BCUT2D eigenvalue weighted by Gasteiger charge is -2.15. The topological polar surface area (TPSA) is 127 Å². The third kappa shape index (κ3) is 4.02. The minimum Gasteiger partial charge on any atom is -0.478 e. The summed E-state index contributed by atoms with van der Waals surface area (Å²) in [5.41, 5.74) is 4.56. The number of aromatic carboxylic acids is 1. The number of carboxylic acid groups (broad SMARTS) is 1. The number of fused-ring (bicyclic) bond motifs is 2. The molecule has 35 heavy (non-hydrogen) atoms. The molecular formula is C25H20ClN3O6. The van der Waals surface area contributed by atoms with Crippen LogP contribution in [0.5, 0.6) is 6.01 Å². The molecule has 2 saturated heterocycles. The summed E-state index contributed by atoms with van der Waals surface area (Å²) in [7, 11) is 0. The van der Waals surface area contributed by atoms with E-state index >= 15 is 0 Å². The Morgan fingerprint density at radius 1 is 0.971 bits per heavy atom. The Kier molecular flexibility index (Phi) is 5.42. The van der Waals surface area contributed by atoms with E-state index in [0.29, 0.717) is 28.5 Å². The number of benzene rings is 2. The first-order valence-electron chi connectivity index (χ1n) is 11.0. The predicted molar refractivity (Wildman–Crippen MR) is 127 cm³/mol. The molecular weight excluding hydrogens is 474 g/mol. The van der Waals surface area contributed by atoms with E-state index in [9.17, 15) is 9.90 Å². The van der Waals surface area contributed by atoms with Gasteiger partial charge in [-0.1, -0.05) is 48.0 Å². The second-order valence-electron chi connectivity index (χ2n) is 8.51. The van der Waals surface area contributed by atoms with Gasteiger partial charge in [0.15, 0.2) is 11.8 Å². The number of hydrogen-bond acceptors (Lipinski definition) is 7. The van der Waals surface area contributed by atoms with Crippen molar-refractivity contribution in [2.45, 2.75) is 24.4 Å². The summed E-state index contributed by atoms with van der Waals surface area (Å²) in [5, 5.41) is 19.4. The van der Waals surface area contributed by atoms with Gasteiger partial charge in [-0.3, -0.25) is 0 Å². The summed E-state index contributed by atoms with van der Waals surface area (Å²) >= 11 is 6.54. The molecule has 0 radical (unpaired) electrons. The Morgan fingerprint density at radius 3 is 2.34 bits per heavy atom. The number of nitrogens with zero attached hydrogens (tertiary/aromatic N) is 2. The van der Waals surface area contributed by atoms with Crippen LogP contribution in [0, 0.1) is 0 Å². The van der Waals surface area contributed by atoms with Gasteiger partial charge in [0.25, 0.3) is 6.01 Å². The highest BCUT2D eigenvalue weighted by Crippen LogP contribution is 2.33. The predicted octanol–water partition coefficient (Wildman–Crippen LogP) is 3.55. The molecule has 0 aliphatic carbocycles. The molecule has 3 N–H and O–H groups in total. The number of carbonyl (C=O) groups is 1. The molecule has 2 aromatic heterocycles. The molecule has 0 bridgehead atoms. The van der Waals surface area contributed by atoms with Gasteiger partial charge in [0.05, 0.1) is 35.0 Å². The third-order valence-corrected chi connectivity index (χ3v) is 6.56. The maximum atomic E-state index is 11.1. The maximum Gasteiger partial charge on any atom is 0.335 e. The first-order valence-corrected chi connectivity index (χ1v) is 11.4. The molecule has 9 nitrogen and oxygen atoms in total. The fourth-order valence-corrected chi connectivity index (χ4v) is 4.73. The normalized spacial score (nSPS) is 23.5. The molecule has 2 aliphatic rings. The van der Waals surface area contributed by atoms with Crippen molar-refractivity contribution in [1.82, 2.24) is 15.0 Å². The minimum absolute atomic E-state index is 0.224. The molecule has 4 atom stereocenters. The van der Waals surface area contributed by atoms with Crippen molar-refractivity contribution in [3.8, 4) is 28.4 Å². The largest absolute Gasteiger partial charge is 0.478 e. The van der Waals surface area contributed by atoms with E-state index in [2.05, 4.69) is 15.0 Å². The van der Waals surface area contributed by atoms with Crippen LogP contribution in [0.15, 0.2) is 54.6 Å². The third-order valence-electron chi connectivity index (χ3n) is 6.27. The number of aliphatic hydroxyl groups is 1. The number of carboxylic acids is 1. The fraction of sp³-hybridized carbons (Fsp3) is 0.240. The van der Waals surface area contributed by atoms with Crippen molar-refractivity contribution < 1.29 is 29.2 Å².